The van der Waals surface area contributed by atoms with Crippen LogP contribution in [0, 0.1) is 0 Å². The molecule has 5 nitrogen and oxygen atoms in total. The first-order chi connectivity index (χ1) is 12.9. The molecule has 1 amide bonds. The number of hydrogen-bond donors (Lipinski definition) is 1. The van der Waals surface area contributed by atoms with Gasteiger partial charge in [-0.1, -0.05) is 13.0 Å². The fourth-order valence-electron chi connectivity index (χ4n) is 2.99. The molecule has 1 N–H and O–H groups in total. The third-order valence-corrected chi connectivity index (χ3v) is 4.56. The molecule has 0 radical (unpaired) electrons. The van der Waals surface area contributed by atoms with Crippen LogP contribution >= 0.6 is 0 Å². The Morgan fingerprint density at radius 3 is 2.48 bits per heavy atom. The van der Waals surface area contributed by atoms with E-state index >= 15 is 0 Å². The molecule has 1 aromatic carbocycles. The van der Waals surface area contributed by atoms with Crippen LogP contribution in [0.5, 0.6) is 0 Å². The van der Waals surface area contributed by atoms with E-state index < -0.39 is 11.7 Å². The Morgan fingerprint density at radius 2 is 1.81 bits per heavy atom. The van der Waals surface area contributed by atoms with Crippen molar-refractivity contribution in [1.29, 1.82) is 0 Å². The lowest BCUT2D eigenvalue weighted by Crippen LogP contribution is -2.48. The van der Waals surface area contributed by atoms with Crippen molar-refractivity contribution in [2.75, 3.05) is 38.0 Å². The lowest BCUT2D eigenvalue weighted by Gasteiger charge is -2.33. The first-order valence-corrected chi connectivity index (χ1v) is 8.79. The Kier molecular flexibility index (Phi) is 5.65. The molecule has 0 spiro atoms. The zero-order valence-electron chi connectivity index (χ0n) is 15.0. The fourth-order valence-corrected chi connectivity index (χ4v) is 2.99. The van der Waals surface area contributed by atoms with Gasteiger partial charge in [0.1, 0.15) is 5.69 Å². The van der Waals surface area contributed by atoms with Crippen LogP contribution < -0.4 is 5.32 Å². The number of carbonyl (C=O) groups excluding carboxylic acids is 1. The van der Waals surface area contributed by atoms with Gasteiger partial charge >= 0.3 is 6.18 Å². The SMILES string of the molecule is CCN1CCN(C(=O)c2cc(Nc3cccc(C(F)(F)F)c3)ccn2)CC1. The number of rotatable bonds is 4. The molecule has 1 aromatic heterocycles. The molecule has 2 aromatic rings. The number of halogens is 3. The van der Waals surface area contributed by atoms with E-state index in [0.717, 1.165) is 31.8 Å². The standard InChI is InChI=1S/C19H21F3N4O/c1-2-25-8-10-26(11-9-25)18(27)17-13-16(6-7-23-17)24-15-5-3-4-14(12-15)19(20,21)22/h3-7,12-13H,2,8-11H2,1H3,(H,23,24). The predicted octanol–water partition coefficient (Wildman–Crippen LogP) is 3.62. The van der Waals surface area contributed by atoms with Crippen molar-refractivity contribution in [2.45, 2.75) is 13.1 Å². The van der Waals surface area contributed by atoms with E-state index in [2.05, 4.69) is 22.1 Å². The number of aromatic nitrogens is 1. The summed E-state index contributed by atoms with van der Waals surface area (Å²) in [5.74, 6) is -0.168. The highest BCUT2D eigenvalue weighted by atomic mass is 19.4. The fraction of sp³-hybridized carbons (Fsp3) is 0.368. The van der Waals surface area contributed by atoms with E-state index in [1.165, 1.54) is 12.3 Å². The average Bonchev–Trinajstić information content (AvgIpc) is 2.67. The van der Waals surface area contributed by atoms with E-state index in [1.54, 1.807) is 23.1 Å². The molecule has 27 heavy (non-hydrogen) atoms. The normalized spacial score (nSPS) is 15.6. The summed E-state index contributed by atoms with van der Waals surface area (Å²) >= 11 is 0. The summed E-state index contributed by atoms with van der Waals surface area (Å²) < 4.78 is 38.5. The van der Waals surface area contributed by atoms with Gasteiger partial charge in [-0.2, -0.15) is 13.2 Å². The summed E-state index contributed by atoms with van der Waals surface area (Å²) in [6.07, 6.45) is -2.93. The van der Waals surface area contributed by atoms with Crippen LogP contribution in [0.4, 0.5) is 24.5 Å². The average molecular weight is 378 g/mol. The highest BCUT2D eigenvalue weighted by molar-refractivity contribution is 5.93. The van der Waals surface area contributed by atoms with Gasteiger partial charge in [0.15, 0.2) is 0 Å². The van der Waals surface area contributed by atoms with Gasteiger partial charge in [-0.25, -0.2) is 0 Å². The summed E-state index contributed by atoms with van der Waals surface area (Å²) in [6, 6.07) is 8.11. The van der Waals surface area contributed by atoms with Gasteiger partial charge in [0.05, 0.1) is 5.56 Å². The van der Waals surface area contributed by atoms with E-state index in [0.29, 0.717) is 24.5 Å². The van der Waals surface area contributed by atoms with Crippen LogP contribution in [0.2, 0.25) is 0 Å². The van der Waals surface area contributed by atoms with Gasteiger partial charge in [-0.15, -0.1) is 0 Å². The van der Waals surface area contributed by atoms with E-state index in [4.69, 9.17) is 0 Å². The molecule has 8 heteroatoms. The number of amides is 1. The second-order valence-electron chi connectivity index (χ2n) is 6.36. The minimum absolute atomic E-state index is 0.168. The third kappa shape index (κ3) is 4.77. The Bertz CT molecular complexity index is 802. The number of likely N-dealkylation sites (N-methyl/N-ethyl adjacent to an activating group) is 1. The van der Waals surface area contributed by atoms with Crippen molar-refractivity contribution in [3.63, 3.8) is 0 Å². The number of alkyl halides is 3. The van der Waals surface area contributed by atoms with Crippen LogP contribution in [0.15, 0.2) is 42.6 Å². The lowest BCUT2D eigenvalue weighted by molar-refractivity contribution is -0.137. The van der Waals surface area contributed by atoms with Crippen LogP contribution in [-0.4, -0.2) is 53.4 Å². The summed E-state index contributed by atoms with van der Waals surface area (Å²) in [4.78, 5) is 20.8. The van der Waals surface area contributed by atoms with Crippen molar-refractivity contribution in [1.82, 2.24) is 14.8 Å². The second kappa shape index (κ2) is 7.96. The number of nitrogens with zero attached hydrogens (tertiary/aromatic N) is 3. The zero-order chi connectivity index (χ0) is 19.4. The number of anilines is 2. The maximum atomic E-state index is 12.8. The first-order valence-electron chi connectivity index (χ1n) is 8.79. The Labute approximate surface area is 155 Å². The number of carbonyl (C=O) groups is 1. The Hall–Kier alpha value is -2.61. The molecule has 0 unspecified atom stereocenters. The highest BCUT2D eigenvalue weighted by Crippen LogP contribution is 2.31. The molecule has 1 saturated heterocycles. The molecule has 0 atom stereocenters. The maximum absolute atomic E-state index is 12.8. The monoisotopic (exact) mass is 378 g/mol. The molecule has 0 bridgehead atoms. The molecule has 144 valence electrons. The smallest absolute Gasteiger partial charge is 0.355 e. The van der Waals surface area contributed by atoms with Gasteiger partial charge in [0.2, 0.25) is 0 Å². The van der Waals surface area contributed by atoms with Crippen LogP contribution in [0.1, 0.15) is 23.0 Å². The van der Waals surface area contributed by atoms with E-state index in [-0.39, 0.29) is 11.6 Å². The van der Waals surface area contributed by atoms with Crippen molar-refractivity contribution >= 4 is 17.3 Å². The number of nitrogens with one attached hydrogen (secondary N) is 1. The molecular weight excluding hydrogens is 357 g/mol. The number of pyridine rings is 1. The number of benzene rings is 1. The topological polar surface area (TPSA) is 48.5 Å². The second-order valence-corrected chi connectivity index (χ2v) is 6.36. The molecule has 0 saturated carbocycles. The van der Waals surface area contributed by atoms with Gasteiger partial charge in [-0.3, -0.25) is 9.78 Å². The third-order valence-electron chi connectivity index (χ3n) is 4.56. The molecular formula is C19H21F3N4O. The first kappa shape index (κ1) is 19.2. The highest BCUT2D eigenvalue weighted by Gasteiger charge is 2.30. The summed E-state index contributed by atoms with van der Waals surface area (Å²) in [7, 11) is 0. The molecule has 1 aliphatic heterocycles. The summed E-state index contributed by atoms with van der Waals surface area (Å²) in [5, 5.41) is 2.91. The molecule has 0 aliphatic carbocycles. The molecule has 2 heterocycles. The van der Waals surface area contributed by atoms with Crippen molar-refractivity contribution < 1.29 is 18.0 Å². The van der Waals surface area contributed by atoms with E-state index in [9.17, 15) is 18.0 Å². The Balaban J connectivity index is 1.72. The summed E-state index contributed by atoms with van der Waals surface area (Å²) in [5.41, 5.74) is 0.356. The maximum Gasteiger partial charge on any atom is 0.416 e. The number of piperazine rings is 1. The molecule has 3 rings (SSSR count). The number of hydrogen-bond acceptors (Lipinski definition) is 4. The lowest BCUT2D eigenvalue weighted by atomic mass is 10.2. The van der Waals surface area contributed by atoms with Crippen molar-refractivity contribution in [3.8, 4) is 0 Å². The Morgan fingerprint density at radius 1 is 1.11 bits per heavy atom. The summed E-state index contributed by atoms with van der Waals surface area (Å²) in [6.45, 7) is 5.97. The van der Waals surface area contributed by atoms with Gasteiger partial charge in [-0.05, 0) is 36.9 Å². The van der Waals surface area contributed by atoms with Crippen LogP contribution in [0.3, 0.4) is 0 Å². The minimum atomic E-state index is -4.41. The molecule has 1 fully saturated rings. The van der Waals surface area contributed by atoms with Gasteiger partial charge in [0, 0.05) is 43.8 Å². The predicted molar refractivity (Wildman–Crippen MR) is 97.0 cm³/mol. The van der Waals surface area contributed by atoms with Gasteiger partial charge in [0.25, 0.3) is 5.91 Å². The zero-order valence-corrected chi connectivity index (χ0v) is 15.0. The minimum Gasteiger partial charge on any atom is -0.355 e. The van der Waals surface area contributed by atoms with Crippen molar-refractivity contribution in [2.24, 2.45) is 0 Å². The van der Waals surface area contributed by atoms with Gasteiger partial charge < -0.3 is 15.1 Å². The quantitative estimate of drug-likeness (QED) is 0.883. The van der Waals surface area contributed by atoms with Crippen LogP contribution in [-0.2, 0) is 6.18 Å². The molecule has 1 aliphatic rings. The van der Waals surface area contributed by atoms with E-state index in [1.807, 2.05) is 0 Å². The van der Waals surface area contributed by atoms with Crippen LogP contribution in [0.25, 0.3) is 0 Å². The largest absolute Gasteiger partial charge is 0.416 e. The van der Waals surface area contributed by atoms with Crippen molar-refractivity contribution in [3.05, 3.63) is 53.9 Å².